The van der Waals surface area contributed by atoms with E-state index in [2.05, 4.69) is 25.5 Å². The summed E-state index contributed by atoms with van der Waals surface area (Å²) in [5.41, 5.74) is 3.46. The Bertz CT molecular complexity index is 896. The predicted octanol–water partition coefficient (Wildman–Crippen LogP) is 4.31. The third-order valence-electron chi connectivity index (χ3n) is 4.09. The maximum Gasteiger partial charge on any atom is 0.225 e. The maximum atomic E-state index is 13.4. The quantitative estimate of drug-likeness (QED) is 0.653. The van der Waals surface area contributed by atoms with E-state index in [1.807, 2.05) is 57.4 Å². The average Bonchev–Trinajstić information content (AvgIpc) is 2.64. The molecule has 6 heteroatoms. The fraction of sp³-hybridized carbons (Fsp3) is 0.238. The number of rotatable bonds is 7. The SMILES string of the molecule is Cc1cc(F)ccc1Nc1cc(-c2ccccc2)nc(NCCN(C)C)n1. The number of benzene rings is 2. The van der Waals surface area contributed by atoms with Gasteiger partial charge >= 0.3 is 0 Å². The van der Waals surface area contributed by atoms with Crippen LogP contribution in [-0.4, -0.2) is 42.1 Å². The topological polar surface area (TPSA) is 53.1 Å². The number of likely N-dealkylation sites (N-methyl/N-ethyl adjacent to an activating group) is 1. The third kappa shape index (κ3) is 5.24. The minimum Gasteiger partial charge on any atom is -0.353 e. The van der Waals surface area contributed by atoms with E-state index in [9.17, 15) is 4.39 Å². The average molecular weight is 365 g/mol. The number of nitrogens with one attached hydrogen (secondary N) is 2. The van der Waals surface area contributed by atoms with E-state index in [1.165, 1.54) is 12.1 Å². The number of hydrogen-bond acceptors (Lipinski definition) is 5. The molecule has 3 rings (SSSR count). The van der Waals surface area contributed by atoms with Crippen LogP contribution in [0.5, 0.6) is 0 Å². The van der Waals surface area contributed by atoms with Gasteiger partial charge in [-0.1, -0.05) is 30.3 Å². The molecular formula is C21H24FN5. The van der Waals surface area contributed by atoms with E-state index < -0.39 is 0 Å². The van der Waals surface area contributed by atoms with Crippen molar-refractivity contribution >= 4 is 17.5 Å². The zero-order valence-corrected chi connectivity index (χ0v) is 15.8. The second-order valence-corrected chi connectivity index (χ2v) is 6.64. The van der Waals surface area contributed by atoms with E-state index in [4.69, 9.17) is 0 Å². The van der Waals surface area contributed by atoms with Crippen LogP contribution >= 0.6 is 0 Å². The van der Waals surface area contributed by atoms with Crippen molar-refractivity contribution in [3.05, 3.63) is 66.0 Å². The highest BCUT2D eigenvalue weighted by molar-refractivity contribution is 5.68. The van der Waals surface area contributed by atoms with Crippen molar-refractivity contribution in [2.24, 2.45) is 0 Å². The first-order valence-corrected chi connectivity index (χ1v) is 8.87. The third-order valence-corrected chi connectivity index (χ3v) is 4.09. The van der Waals surface area contributed by atoms with Crippen LogP contribution in [0.15, 0.2) is 54.6 Å². The molecule has 0 saturated carbocycles. The van der Waals surface area contributed by atoms with Crippen molar-refractivity contribution < 1.29 is 4.39 Å². The summed E-state index contributed by atoms with van der Waals surface area (Å²) in [6.07, 6.45) is 0. The van der Waals surface area contributed by atoms with Gasteiger partial charge in [-0.3, -0.25) is 0 Å². The Hall–Kier alpha value is -2.99. The summed E-state index contributed by atoms with van der Waals surface area (Å²) in [6, 6.07) is 16.5. The molecule has 0 fully saturated rings. The molecule has 1 heterocycles. The molecule has 2 N–H and O–H groups in total. The Labute approximate surface area is 159 Å². The number of halogens is 1. The van der Waals surface area contributed by atoms with Gasteiger partial charge in [-0.2, -0.15) is 4.98 Å². The lowest BCUT2D eigenvalue weighted by Gasteiger charge is -2.14. The Balaban J connectivity index is 1.91. The molecule has 0 aliphatic rings. The molecular weight excluding hydrogens is 341 g/mol. The molecule has 0 bridgehead atoms. The number of nitrogens with zero attached hydrogens (tertiary/aromatic N) is 3. The van der Waals surface area contributed by atoms with Gasteiger partial charge in [-0.05, 0) is 44.8 Å². The van der Waals surface area contributed by atoms with Crippen molar-refractivity contribution in [3.63, 3.8) is 0 Å². The van der Waals surface area contributed by atoms with E-state index in [-0.39, 0.29) is 5.82 Å². The largest absolute Gasteiger partial charge is 0.353 e. The molecule has 2 aromatic carbocycles. The molecule has 1 aromatic heterocycles. The number of hydrogen-bond donors (Lipinski definition) is 2. The van der Waals surface area contributed by atoms with Crippen LogP contribution in [-0.2, 0) is 0 Å². The van der Waals surface area contributed by atoms with Gasteiger partial charge in [0.15, 0.2) is 0 Å². The van der Waals surface area contributed by atoms with Gasteiger partial charge in [0.25, 0.3) is 0 Å². The van der Waals surface area contributed by atoms with E-state index in [1.54, 1.807) is 6.07 Å². The molecule has 0 spiro atoms. The monoisotopic (exact) mass is 365 g/mol. The van der Waals surface area contributed by atoms with Crippen LogP contribution in [0.2, 0.25) is 0 Å². The fourth-order valence-electron chi connectivity index (χ4n) is 2.64. The zero-order chi connectivity index (χ0) is 19.2. The van der Waals surface area contributed by atoms with E-state index in [0.29, 0.717) is 11.8 Å². The fourth-order valence-corrected chi connectivity index (χ4v) is 2.64. The van der Waals surface area contributed by atoms with Gasteiger partial charge < -0.3 is 15.5 Å². The van der Waals surface area contributed by atoms with Crippen LogP contribution < -0.4 is 10.6 Å². The Morgan fingerprint density at radius 1 is 1.00 bits per heavy atom. The van der Waals surface area contributed by atoms with Crippen molar-refractivity contribution in [1.29, 1.82) is 0 Å². The van der Waals surface area contributed by atoms with Gasteiger partial charge in [-0.15, -0.1) is 0 Å². The zero-order valence-electron chi connectivity index (χ0n) is 15.8. The van der Waals surface area contributed by atoms with Gasteiger partial charge in [-0.25, -0.2) is 9.37 Å². The highest BCUT2D eigenvalue weighted by atomic mass is 19.1. The maximum absolute atomic E-state index is 13.4. The van der Waals surface area contributed by atoms with Crippen molar-refractivity contribution in [2.75, 3.05) is 37.8 Å². The first-order chi connectivity index (χ1) is 13.0. The van der Waals surface area contributed by atoms with Crippen molar-refractivity contribution in [3.8, 4) is 11.3 Å². The molecule has 3 aromatic rings. The van der Waals surface area contributed by atoms with Gasteiger partial charge in [0, 0.05) is 30.4 Å². The van der Waals surface area contributed by atoms with Crippen LogP contribution in [0.1, 0.15) is 5.56 Å². The molecule has 0 atom stereocenters. The van der Waals surface area contributed by atoms with E-state index in [0.717, 1.165) is 35.6 Å². The van der Waals surface area contributed by atoms with Crippen molar-refractivity contribution in [2.45, 2.75) is 6.92 Å². The Kier molecular flexibility index (Phi) is 5.98. The lowest BCUT2D eigenvalue weighted by molar-refractivity contribution is 0.425. The minimum atomic E-state index is -0.253. The van der Waals surface area contributed by atoms with E-state index >= 15 is 0 Å². The highest BCUT2D eigenvalue weighted by Gasteiger charge is 2.08. The normalized spacial score (nSPS) is 10.9. The lowest BCUT2D eigenvalue weighted by Crippen LogP contribution is -2.21. The first kappa shape index (κ1) is 18.8. The molecule has 0 aliphatic heterocycles. The van der Waals surface area contributed by atoms with Crippen LogP contribution in [0.3, 0.4) is 0 Å². The van der Waals surface area contributed by atoms with Crippen LogP contribution in [0.25, 0.3) is 11.3 Å². The summed E-state index contributed by atoms with van der Waals surface area (Å²) < 4.78 is 13.4. The summed E-state index contributed by atoms with van der Waals surface area (Å²) in [7, 11) is 4.04. The summed E-state index contributed by atoms with van der Waals surface area (Å²) >= 11 is 0. The minimum absolute atomic E-state index is 0.253. The second-order valence-electron chi connectivity index (χ2n) is 6.64. The van der Waals surface area contributed by atoms with Gasteiger partial charge in [0.2, 0.25) is 5.95 Å². The summed E-state index contributed by atoms with van der Waals surface area (Å²) in [6.45, 7) is 3.47. The molecule has 27 heavy (non-hydrogen) atoms. The van der Waals surface area contributed by atoms with Crippen LogP contribution in [0, 0.1) is 12.7 Å². The summed E-state index contributed by atoms with van der Waals surface area (Å²) in [5, 5.41) is 6.55. The Morgan fingerprint density at radius 3 is 2.48 bits per heavy atom. The standard InChI is InChI=1S/C21H24FN5/c1-15-13-17(22)9-10-18(15)24-20-14-19(16-7-5-4-6-8-16)25-21(26-20)23-11-12-27(2)3/h4-10,13-14H,11-12H2,1-3H3,(H2,23,24,25,26). The number of aromatic nitrogens is 2. The van der Waals surface area contributed by atoms with Gasteiger partial charge in [0.05, 0.1) is 5.69 Å². The Morgan fingerprint density at radius 2 is 1.78 bits per heavy atom. The molecule has 0 radical (unpaired) electrons. The predicted molar refractivity (Wildman–Crippen MR) is 109 cm³/mol. The molecule has 0 aliphatic carbocycles. The highest BCUT2D eigenvalue weighted by Crippen LogP contribution is 2.25. The molecule has 0 unspecified atom stereocenters. The summed E-state index contributed by atoms with van der Waals surface area (Å²) in [4.78, 5) is 11.3. The molecule has 140 valence electrons. The molecule has 5 nitrogen and oxygen atoms in total. The first-order valence-electron chi connectivity index (χ1n) is 8.87. The van der Waals surface area contributed by atoms with Crippen molar-refractivity contribution in [1.82, 2.24) is 14.9 Å². The number of aryl methyl sites for hydroxylation is 1. The molecule has 0 amide bonds. The second kappa shape index (κ2) is 8.60. The smallest absolute Gasteiger partial charge is 0.225 e. The van der Waals surface area contributed by atoms with Gasteiger partial charge in [0.1, 0.15) is 11.6 Å². The van der Waals surface area contributed by atoms with Crippen LogP contribution in [0.4, 0.5) is 21.8 Å². The lowest BCUT2D eigenvalue weighted by atomic mass is 10.1. The molecule has 0 saturated heterocycles. The summed E-state index contributed by atoms with van der Waals surface area (Å²) in [5.74, 6) is 0.961. The number of anilines is 3.